The van der Waals surface area contributed by atoms with Gasteiger partial charge in [0.05, 0.1) is 5.38 Å². The van der Waals surface area contributed by atoms with Crippen LogP contribution in [0.1, 0.15) is 23.8 Å². The van der Waals surface area contributed by atoms with Crippen molar-refractivity contribution in [2.75, 3.05) is 0 Å². The van der Waals surface area contributed by atoms with Crippen LogP contribution in [0.3, 0.4) is 0 Å². The summed E-state index contributed by atoms with van der Waals surface area (Å²) in [6.07, 6.45) is 0. The Morgan fingerprint density at radius 3 is 2.55 bits per heavy atom. The normalized spacial score (nSPS) is 13.1. The molecular weight excluding hydrogens is 183 g/mol. The van der Waals surface area contributed by atoms with E-state index in [-0.39, 0.29) is 5.38 Å². The van der Waals surface area contributed by atoms with Crippen LogP contribution in [0.15, 0.2) is 6.07 Å². The summed E-state index contributed by atoms with van der Waals surface area (Å²) in [6, 6.07) is 1.70. The molecule has 1 aromatic heterocycles. The first kappa shape index (κ1) is 8.75. The molecule has 11 heavy (non-hydrogen) atoms. The van der Waals surface area contributed by atoms with Gasteiger partial charge in [0.1, 0.15) is 11.0 Å². The molecule has 0 aliphatic heterocycles. The van der Waals surface area contributed by atoms with E-state index < -0.39 is 0 Å². The van der Waals surface area contributed by atoms with Crippen LogP contribution in [0.5, 0.6) is 0 Å². The second-order valence-electron chi connectivity index (χ2n) is 2.31. The Morgan fingerprint density at radius 1 is 1.45 bits per heavy atom. The fraction of sp³-hybridized carbons (Fsp3) is 0.429. The summed E-state index contributed by atoms with van der Waals surface area (Å²) in [5.41, 5.74) is 0.840. The van der Waals surface area contributed by atoms with Crippen molar-refractivity contribution in [3.63, 3.8) is 0 Å². The van der Waals surface area contributed by atoms with Crippen LogP contribution in [0.4, 0.5) is 0 Å². The Balaban J connectivity index is 3.08. The first-order chi connectivity index (χ1) is 5.09. The van der Waals surface area contributed by atoms with Crippen LogP contribution >= 0.6 is 23.2 Å². The average Bonchev–Trinajstić information content (AvgIpc) is 1.85. The van der Waals surface area contributed by atoms with Crippen molar-refractivity contribution in [2.24, 2.45) is 0 Å². The molecule has 1 atom stereocenters. The highest BCUT2D eigenvalue weighted by atomic mass is 35.5. The van der Waals surface area contributed by atoms with Crippen molar-refractivity contribution in [3.8, 4) is 0 Å². The van der Waals surface area contributed by atoms with Crippen LogP contribution in [0.2, 0.25) is 5.15 Å². The number of alkyl halides is 1. The van der Waals surface area contributed by atoms with E-state index in [9.17, 15) is 0 Å². The van der Waals surface area contributed by atoms with Crippen LogP contribution in [-0.4, -0.2) is 9.97 Å². The number of aromatic nitrogens is 2. The summed E-state index contributed by atoms with van der Waals surface area (Å²) in [5.74, 6) is 0.580. The van der Waals surface area contributed by atoms with Crippen LogP contribution in [0.25, 0.3) is 0 Å². The lowest BCUT2D eigenvalue weighted by atomic mass is 10.4. The van der Waals surface area contributed by atoms with Crippen LogP contribution in [0, 0.1) is 6.92 Å². The maximum Gasteiger partial charge on any atom is 0.147 e. The number of halogens is 2. The smallest absolute Gasteiger partial charge is 0.147 e. The predicted molar refractivity (Wildman–Crippen MR) is 46.0 cm³/mol. The zero-order valence-electron chi connectivity index (χ0n) is 6.31. The van der Waals surface area contributed by atoms with Gasteiger partial charge in [-0.3, -0.25) is 0 Å². The predicted octanol–water partition coefficient (Wildman–Crippen LogP) is 2.74. The fourth-order valence-corrected chi connectivity index (χ4v) is 1.07. The van der Waals surface area contributed by atoms with E-state index in [1.54, 1.807) is 6.07 Å². The maximum atomic E-state index is 5.76. The van der Waals surface area contributed by atoms with Crippen LogP contribution in [-0.2, 0) is 0 Å². The molecule has 1 rings (SSSR count). The zero-order chi connectivity index (χ0) is 8.43. The molecule has 4 heteroatoms. The quantitative estimate of drug-likeness (QED) is 0.503. The SMILES string of the molecule is Cc1cc(Cl)nc([C@H](C)Cl)n1. The Morgan fingerprint density at radius 2 is 2.09 bits per heavy atom. The molecule has 0 bridgehead atoms. The highest BCUT2D eigenvalue weighted by molar-refractivity contribution is 6.29. The lowest BCUT2D eigenvalue weighted by Crippen LogP contribution is -1.97. The lowest BCUT2D eigenvalue weighted by Gasteiger charge is -2.02. The van der Waals surface area contributed by atoms with Crippen molar-refractivity contribution in [2.45, 2.75) is 19.2 Å². The molecule has 60 valence electrons. The number of rotatable bonds is 1. The van der Waals surface area contributed by atoms with Gasteiger partial charge in [-0.15, -0.1) is 11.6 Å². The Labute approximate surface area is 75.6 Å². The van der Waals surface area contributed by atoms with E-state index in [2.05, 4.69) is 9.97 Å². The van der Waals surface area contributed by atoms with E-state index in [1.165, 1.54) is 0 Å². The minimum Gasteiger partial charge on any atom is -0.237 e. The molecule has 0 N–H and O–H groups in total. The summed E-state index contributed by atoms with van der Waals surface area (Å²) in [4.78, 5) is 8.06. The average molecular weight is 191 g/mol. The summed E-state index contributed by atoms with van der Waals surface area (Å²) in [6.45, 7) is 3.67. The third-order valence-electron chi connectivity index (χ3n) is 1.20. The van der Waals surface area contributed by atoms with Crippen molar-refractivity contribution < 1.29 is 0 Å². The van der Waals surface area contributed by atoms with Crippen molar-refractivity contribution in [3.05, 3.63) is 22.7 Å². The van der Waals surface area contributed by atoms with Gasteiger partial charge in [0.25, 0.3) is 0 Å². The highest BCUT2D eigenvalue weighted by Crippen LogP contribution is 2.17. The summed E-state index contributed by atoms with van der Waals surface area (Å²) >= 11 is 11.4. The first-order valence-corrected chi connectivity index (χ1v) is 4.06. The molecule has 0 radical (unpaired) electrons. The van der Waals surface area contributed by atoms with E-state index in [0.717, 1.165) is 5.69 Å². The lowest BCUT2D eigenvalue weighted by molar-refractivity contribution is 0.892. The second-order valence-corrected chi connectivity index (χ2v) is 3.35. The minimum atomic E-state index is -0.188. The molecule has 0 unspecified atom stereocenters. The number of hydrogen-bond donors (Lipinski definition) is 0. The van der Waals surface area contributed by atoms with Gasteiger partial charge in [-0.05, 0) is 19.9 Å². The number of hydrogen-bond acceptors (Lipinski definition) is 2. The molecule has 0 saturated heterocycles. The van der Waals surface area contributed by atoms with Gasteiger partial charge in [0.2, 0.25) is 0 Å². The molecule has 0 aromatic carbocycles. The molecule has 0 spiro atoms. The minimum absolute atomic E-state index is 0.188. The van der Waals surface area contributed by atoms with Gasteiger partial charge >= 0.3 is 0 Å². The molecular formula is C7H8Cl2N2. The number of nitrogens with zero attached hydrogens (tertiary/aromatic N) is 2. The Hall–Kier alpha value is -0.340. The summed E-state index contributed by atoms with van der Waals surface area (Å²) < 4.78 is 0. The molecule has 1 heterocycles. The standard InChI is InChI=1S/C7H8Cl2N2/c1-4-3-6(9)11-7(10-4)5(2)8/h3,5H,1-2H3/t5-/m0/s1. The highest BCUT2D eigenvalue weighted by Gasteiger charge is 2.05. The molecule has 0 amide bonds. The van der Waals surface area contributed by atoms with E-state index in [4.69, 9.17) is 23.2 Å². The monoisotopic (exact) mass is 190 g/mol. The maximum absolute atomic E-state index is 5.76. The molecule has 1 aromatic rings. The van der Waals surface area contributed by atoms with E-state index in [0.29, 0.717) is 11.0 Å². The molecule has 2 nitrogen and oxygen atoms in total. The number of aryl methyl sites for hydroxylation is 1. The van der Waals surface area contributed by atoms with E-state index >= 15 is 0 Å². The van der Waals surface area contributed by atoms with Crippen molar-refractivity contribution in [1.29, 1.82) is 0 Å². The second kappa shape index (κ2) is 3.37. The van der Waals surface area contributed by atoms with Crippen LogP contribution < -0.4 is 0 Å². The molecule has 0 fully saturated rings. The van der Waals surface area contributed by atoms with Gasteiger partial charge in [-0.25, -0.2) is 9.97 Å². The third-order valence-corrected chi connectivity index (χ3v) is 1.58. The van der Waals surface area contributed by atoms with Gasteiger partial charge < -0.3 is 0 Å². The Kier molecular flexibility index (Phi) is 2.68. The third kappa shape index (κ3) is 2.31. The Bertz CT molecular complexity index is 240. The zero-order valence-corrected chi connectivity index (χ0v) is 7.82. The van der Waals surface area contributed by atoms with Crippen molar-refractivity contribution in [1.82, 2.24) is 9.97 Å². The summed E-state index contributed by atoms with van der Waals surface area (Å²) in [7, 11) is 0. The van der Waals surface area contributed by atoms with E-state index in [1.807, 2.05) is 13.8 Å². The van der Waals surface area contributed by atoms with Gasteiger partial charge in [-0.1, -0.05) is 11.6 Å². The van der Waals surface area contributed by atoms with Crippen molar-refractivity contribution >= 4 is 23.2 Å². The van der Waals surface area contributed by atoms with Gasteiger partial charge in [-0.2, -0.15) is 0 Å². The molecule has 0 saturated carbocycles. The van der Waals surface area contributed by atoms with Gasteiger partial charge in [0.15, 0.2) is 0 Å². The summed E-state index contributed by atoms with van der Waals surface area (Å²) in [5, 5.41) is 0.257. The first-order valence-electron chi connectivity index (χ1n) is 3.25. The largest absolute Gasteiger partial charge is 0.237 e. The molecule has 0 aliphatic carbocycles. The topological polar surface area (TPSA) is 25.8 Å². The molecule has 0 aliphatic rings. The fourth-order valence-electron chi connectivity index (χ4n) is 0.730. The van der Waals surface area contributed by atoms with Gasteiger partial charge in [0, 0.05) is 5.69 Å².